The van der Waals surface area contributed by atoms with Crippen molar-refractivity contribution in [1.82, 2.24) is 14.4 Å². The quantitative estimate of drug-likeness (QED) is 0.827. The Kier molecular flexibility index (Phi) is 4.74. The molecule has 1 aliphatic rings. The summed E-state index contributed by atoms with van der Waals surface area (Å²) in [7, 11) is 1.64. The molecule has 0 saturated carbocycles. The van der Waals surface area contributed by atoms with Gasteiger partial charge in [-0.3, -0.25) is 9.59 Å². The van der Waals surface area contributed by atoms with E-state index in [-0.39, 0.29) is 17.6 Å². The van der Waals surface area contributed by atoms with E-state index < -0.39 is 0 Å². The maximum absolute atomic E-state index is 13.0. The number of nitrogens with zero attached hydrogens (tertiary/aromatic N) is 3. The van der Waals surface area contributed by atoms with Crippen LogP contribution < -0.4 is 5.56 Å². The molecule has 7 nitrogen and oxygen atoms in total. The summed E-state index contributed by atoms with van der Waals surface area (Å²) in [6.45, 7) is 3.86. The Bertz CT molecular complexity index is 866. The minimum Gasteiger partial charge on any atom is -0.450 e. The molecule has 2 amide bonds. The molecule has 1 aliphatic heterocycles. The highest BCUT2D eigenvalue weighted by Gasteiger charge is 2.26. The molecule has 1 aromatic carbocycles. The number of hydrogen-bond acceptors (Lipinski definition) is 4. The van der Waals surface area contributed by atoms with Gasteiger partial charge in [-0.05, 0) is 13.0 Å². The summed E-state index contributed by atoms with van der Waals surface area (Å²) in [5.41, 5.74) is 0.376. The molecule has 2 aromatic rings. The van der Waals surface area contributed by atoms with Gasteiger partial charge in [0.15, 0.2) is 0 Å². The molecule has 132 valence electrons. The smallest absolute Gasteiger partial charge is 0.409 e. The molecule has 1 fully saturated rings. The van der Waals surface area contributed by atoms with Crippen LogP contribution in [0.1, 0.15) is 17.3 Å². The number of aryl methyl sites for hydroxylation is 1. The van der Waals surface area contributed by atoms with Crippen LogP contribution in [0.15, 0.2) is 35.3 Å². The predicted octanol–water partition coefficient (Wildman–Crippen LogP) is 1.45. The zero-order valence-corrected chi connectivity index (χ0v) is 14.4. The van der Waals surface area contributed by atoms with E-state index in [1.54, 1.807) is 48.2 Å². The average Bonchev–Trinajstić information content (AvgIpc) is 2.64. The fraction of sp³-hybridized carbons (Fsp3) is 0.389. The lowest BCUT2D eigenvalue weighted by molar-refractivity contribution is 0.0571. The Labute approximate surface area is 145 Å². The van der Waals surface area contributed by atoms with Gasteiger partial charge in [-0.1, -0.05) is 18.2 Å². The van der Waals surface area contributed by atoms with Crippen molar-refractivity contribution in [2.45, 2.75) is 6.92 Å². The van der Waals surface area contributed by atoms with Crippen molar-refractivity contribution in [2.24, 2.45) is 7.05 Å². The van der Waals surface area contributed by atoms with Crippen molar-refractivity contribution in [3.63, 3.8) is 0 Å². The minimum absolute atomic E-state index is 0.126. The molecule has 0 bridgehead atoms. The van der Waals surface area contributed by atoms with Gasteiger partial charge in [0, 0.05) is 50.2 Å². The van der Waals surface area contributed by atoms with Crippen molar-refractivity contribution < 1.29 is 14.3 Å². The van der Waals surface area contributed by atoms with Gasteiger partial charge in [0.05, 0.1) is 12.2 Å². The first kappa shape index (κ1) is 17.0. The van der Waals surface area contributed by atoms with Crippen molar-refractivity contribution >= 4 is 22.8 Å². The highest BCUT2D eigenvalue weighted by atomic mass is 16.6. The summed E-state index contributed by atoms with van der Waals surface area (Å²) in [5, 5.41) is 1.18. The molecule has 2 heterocycles. The monoisotopic (exact) mass is 343 g/mol. The molecule has 0 aliphatic carbocycles. The standard InChI is InChI=1S/C18H21N3O4/c1-3-25-18(24)21-10-8-20(9-11-21)17(23)15-12-19(2)16(22)14-7-5-4-6-13(14)15/h4-7,12H,3,8-11H2,1-2H3. The minimum atomic E-state index is -0.345. The fourth-order valence-electron chi connectivity index (χ4n) is 3.06. The number of aromatic nitrogens is 1. The SMILES string of the molecule is CCOC(=O)N1CCN(C(=O)c2cn(C)c(=O)c3ccccc23)CC1. The third kappa shape index (κ3) is 3.22. The van der Waals surface area contributed by atoms with Crippen LogP contribution >= 0.6 is 0 Å². The van der Waals surface area contributed by atoms with Gasteiger partial charge >= 0.3 is 6.09 Å². The second-order valence-corrected chi connectivity index (χ2v) is 5.98. The summed E-state index contributed by atoms with van der Waals surface area (Å²) in [6.07, 6.45) is 1.24. The molecular weight excluding hydrogens is 322 g/mol. The van der Waals surface area contributed by atoms with Crippen LogP contribution in [0.3, 0.4) is 0 Å². The second-order valence-electron chi connectivity index (χ2n) is 5.98. The Balaban J connectivity index is 1.83. The van der Waals surface area contributed by atoms with Crippen LogP contribution in [0, 0.1) is 0 Å². The first-order valence-electron chi connectivity index (χ1n) is 8.32. The lowest BCUT2D eigenvalue weighted by Crippen LogP contribution is -2.50. The van der Waals surface area contributed by atoms with Gasteiger partial charge in [-0.25, -0.2) is 4.79 Å². The summed E-state index contributed by atoms with van der Waals surface area (Å²) in [6, 6.07) is 7.12. The van der Waals surface area contributed by atoms with E-state index in [1.165, 1.54) is 4.57 Å². The maximum atomic E-state index is 13.0. The van der Waals surface area contributed by atoms with Gasteiger partial charge < -0.3 is 19.1 Å². The number of benzene rings is 1. The predicted molar refractivity (Wildman–Crippen MR) is 93.7 cm³/mol. The van der Waals surface area contributed by atoms with E-state index in [4.69, 9.17) is 4.74 Å². The Hall–Kier alpha value is -2.83. The van der Waals surface area contributed by atoms with E-state index in [9.17, 15) is 14.4 Å². The lowest BCUT2D eigenvalue weighted by Gasteiger charge is -2.34. The third-order valence-corrected chi connectivity index (χ3v) is 4.41. The van der Waals surface area contributed by atoms with Crippen LogP contribution in [0.2, 0.25) is 0 Å². The molecular formula is C18H21N3O4. The molecule has 0 radical (unpaired) electrons. The van der Waals surface area contributed by atoms with Gasteiger partial charge in [-0.15, -0.1) is 0 Å². The van der Waals surface area contributed by atoms with E-state index >= 15 is 0 Å². The molecule has 0 spiro atoms. The number of carbonyl (C=O) groups is 2. The number of hydrogen-bond donors (Lipinski definition) is 0. The van der Waals surface area contributed by atoms with Gasteiger partial charge in [0.25, 0.3) is 11.5 Å². The van der Waals surface area contributed by atoms with Gasteiger partial charge in [-0.2, -0.15) is 0 Å². The van der Waals surface area contributed by atoms with Crippen molar-refractivity contribution in [1.29, 1.82) is 0 Å². The summed E-state index contributed by atoms with van der Waals surface area (Å²) >= 11 is 0. The fourth-order valence-corrected chi connectivity index (χ4v) is 3.06. The Morgan fingerprint density at radius 1 is 1.04 bits per heavy atom. The molecule has 3 rings (SSSR count). The second kappa shape index (κ2) is 6.96. The molecule has 7 heteroatoms. The van der Waals surface area contributed by atoms with E-state index in [1.807, 2.05) is 6.07 Å². The normalized spacial score (nSPS) is 14.6. The number of fused-ring (bicyclic) bond motifs is 1. The average molecular weight is 343 g/mol. The molecule has 25 heavy (non-hydrogen) atoms. The van der Waals surface area contributed by atoms with Crippen molar-refractivity contribution in [3.8, 4) is 0 Å². The topological polar surface area (TPSA) is 71.8 Å². The lowest BCUT2D eigenvalue weighted by atomic mass is 10.1. The van der Waals surface area contributed by atoms with Gasteiger partial charge in [0.2, 0.25) is 0 Å². The zero-order valence-electron chi connectivity index (χ0n) is 14.4. The largest absolute Gasteiger partial charge is 0.450 e. The highest BCUT2D eigenvalue weighted by molar-refractivity contribution is 6.06. The van der Waals surface area contributed by atoms with Crippen LogP contribution in [-0.2, 0) is 11.8 Å². The number of pyridine rings is 1. The summed E-state index contributed by atoms with van der Waals surface area (Å²) < 4.78 is 6.43. The van der Waals surface area contributed by atoms with E-state index in [2.05, 4.69) is 0 Å². The van der Waals surface area contributed by atoms with E-state index in [0.717, 1.165) is 0 Å². The summed E-state index contributed by atoms with van der Waals surface area (Å²) in [4.78, 5) is 40.3. The first-order valence-corrected chi connectivity index (χ1v) is 8.32. The number of carbonyl (C=O) groups excluding carboxylic acids is 2. The van der Waals surface area contributed by atoms with Crippen molar-refractivity contribution in [3.05, 3.63) is 46.4 Å². The van der Waals surface area contributed by atoms with Crippen LogP contribution in [-0.4, -0.2) is 59.2 Å². The number of amides is 2. The summed E-state index contributed by atoms with van der Waals surface area (Å²) in [5.74, 6) is -0.129. The van der Waals surface area contributed by atoms with Crippen LogP contribution in [0.5, 0.6) is 0 Å². The first-order chi connectivity index (χ1) is 12.0. The van der Waals surface area contributed by atoms with E-state index in [0.29, 0.717) is 49.1 Å². The third-order valence-electron chi connectivity index (χ3n) is 4.41. The molecule has 0 unspecified atom stereocenters. The molecule has 1 saturated heterocycles. The van der Waals surface area contributed by atoms with Gasteiger partial charge in [0.1, 0.15) is 0 Å². The molecule has 0 N–H and O–H groups in total. The van der Waals surface area contributed by atoms with Crippen LogP contribution in [0.25, 0.3) is 10.8 Å². The number of ether oxygens (including phenoxy) is 1. The Morgan fingerprint density at radius 3 is 2.28 bits per heavy atom. The maximum Gasteiger partial charge on any atom is 0.409 e. The number of piperazine rings is 1. The van der Waals surface area contributed by atoms with Crippen LogP contribution in [0.4, 0.5) is 4.79 Å². The Morgan fingerprint density at radius 2 is 1.64 bits per heavy atom. The highest BCUT2D eigenvalue weighted by Crippen LogP contribution is 2.18. The molecule has 0 atom stereocenters. The van der Waals surface area contributed by atoms with Crippen molar-refractivity contribution in [2.75, 3.05) is 32.8 Å². The molecule has 1 aromatic heterocycles. The number of rotatable bonds is 2. The zero-order chi connectivity index (χ0) is 18.0.